The fraction of sp³-hybridized carbons (Fsp3) is 0. The molecule has 0 aliphatic heterocycles. The van der Waals surface area contributed by atoms with E-state index in [0.717, 1.165) is 5.56 Å². The second-order valence-corrected chi connectivity index (χ2v) is 5.07. The zero-order chi connectivity index (χ0) is 15.5. The summed E-state index contributed by atoms with van der Waals surface area (Å²) in [5, 5.41) is 3.23. The van der Waals surface area contributed by atoms with Crippen molar-refractivity contribution in [2.45, 2.75) is 0 Å². The molecule has 0 saturated heterocycles. The minimum absolute atomic E-state index is 0.166. The van der Waals surface area contributed by atoms with Crippen LogP contribution in [0.4, 0.5) is 10.1 Å². The lowest BCUT2D eigenvalue weighted by atomic mass is 10.2. The number of amides is 1. The van der Waals surface area contributed by atoms with Crippen LogP contribution in [-0.4, -0.2) is 5.91 Å². The lowest BCUT2D eigenvalue weighted by Gasteiger charge is -2.03. The van der Waals surface area contributed by atoms with E-state index in [2.05, 4.69) is 5.32 Å². The van der Waals surface area contributed by atoms with Gasteiger partial charge in [-0.05, 0) is 48.5 Å². The highest BCUT2D eigenvalue weighted by Crippen LogP contribution is 2.25. The molecule has 0 unspecified atom stereocenters. The molecular weight excluding hydrogens is 305 g/mol. The van der Waals surface area contributed by atoms with E-state index < -0.39 is 5.91 Å². The summed E-state index contributed by atoms with van der Waals surface area (Å²) in [5.41, 5.74) is 1.28. The number of anilines is 1. The molecule has 5 heteroatoms. The molecule has 3 aromatic rings. The molecular formula is C17H11ClFNO2. The van der Waals surface area contributed by atoms with Crippen LogP contribution in [0.5, 0.6) is 0 Å². The maximum atomic E-state index is 12.8. The molecule has 1 amide bonds. The van der Waals surface area contributed by atoms with Gasteiger partial charge < -0.3 is 9.73 Å². The Labute approximate surface area is 131 Å². The summed E-state index contributed by atoms with van der Waals surface area (Å²) in [6.07, 6.45) is 0. The highest BCUT2D eigenvalue weighted by atomic mass is 35.5. The van der Waals surface area contributed by atoms with Crippen LogP contribution in [0.15, 0.2) is 65.1 Å². The third kappa shape index (κ3) is 3.18. The smallest absolute Gasteiger partial charge is 0.291 e. The summed E-state index contributed by atoms with van der Waals surface area (Å²) < 4.78 is 18.4. The van der Waals surface area contributed by atoms with E-state index in [1.54, 1.807) is 30.3 Å². The number of rotatable bonds is 3. The Morgan fingerprint density at radius 3 is 2.55 bits per heavy atom. The monoisotopic (exact) mass is 315 g/mol. The SMILES string of the molecule is O=C(Nc1ccc(F)cc1)c1ccc(-c2cccc(Cl)c2)o1. The van der Waals surface area contributed by atoms with Crippen LogP contribution in [-0.2, 0) is 0 Å². The fourth-order valence-corrected chi connectivity index (χ4v) is 2.17. The van der Waals surface area contributed by atoms with Crippen molar-refractivity contribution in [3.05, 3.63) is 77.3 Å². The number of hydrogen-bond donors (Lipinski definition) is 1. The first kappa shape index (κ1) is 14.4. The van der Waals surface area contributed by atoms with E-state index in [9.17, 15) is 9.18 Å². The van der Waals surface area contributed by atoms with E-state index in [-0.39, 0.29) is 11.6 Å². The highest BCUT2D eigenvalue weighted by molar-refractivity contribution is 6.30. The van der Waals surface area contributed by atoms with Gasteiger partial charge in [-0.25, -0.2) is 4.39 Å². The van der Waals surface area contributed by atoms with Gasteiger partial charge in [-0.1, -0.05) is 23.7 Å². The number of benzene rings is 2. The van der Waals surface area contributed by atoms with Gasteiger partial charge >= 0.3 is 0 Å². The van der Waals surface area contributed by atoms with Crippen LogP contribution in [0.2, 0.25) is 5.02 Å². The van der Waals surface area contributed by atoms with Crippen LogP contribution in [0.1, 0.15) is 10.6 Å². The van der Waals surface area contributed by atoms with E-state index in [1.165, 1.54) is 24.3 Å². The van der Waals surface area contributed by atoms with Gasteiger partial charge in [0.1, 0.15) is 11.6 Å². The maximum Gasteiger partial charge on any atom is 0.291 e. The predicted octanol–water partition coefficient (Wildman–Crippen LogP) is 4.99. The number of nitrogens with one attached hydrogen (secondary N) is 1. The van der Waals surface area contributed by atoms with Crippen molar-refractivity contribution in [2.24, 2.45) is 0 Å². The average molecular weight is 316 g/mol. The fourth-order valence-electron chi connectivity index (χ4n) is 1.98. The predicted molar refractivity (Wildman–Crippen MR) is 83.5 cm³/mol. The first-order chi connectivity index (χ1) is 10.6. The summed E-state index contributed by atoms with van der Waals surface area (Å²) in [6, 6.07) is 15.9. The van der Waals surface area contributed by atoms with E-state index in [1.807, 2.05) is 6.07 Å². The van der Waals surface area contributed by atoms with Crippen LogP contribution in [0.25, 0.3) is 11.3 Å². The largest absolute Gasteiger partial charge is 0.451 e. The molecule has 0 radical (unpaired) electrons. The van der Waals surface area contributed by atoms with Crippen molar-refractivity contribution in [2.75, 3.05) is 5.32 Å². The van der Waals surface area contributed by atoms with Crippen molar-refractivity contribution >= 4 is 23.2 Å². The van der Waals surface area contributed by atoms with Crippen molar-refractivity contribution < 1.29 is 13.6 Å². The molecule has 0 atom stereocenters. The van der Waals surface area contributed by atoms with Gasteiger partial charge in [0.05, 0.1) is 0 Å². The molecule has 3 rings (SSSR count). The second-order valence-electron chi connectivity index (χ2n) is 4.64. The summed E-state index contributed by atoms with van der Waals surface area (Å²) in [4.78, 5) is 12.1. The molecule has 1 aromatic heterocycles. The summed E-state index contributed by atoms with van der Waals surface area (Å²) in [6.45, 7) is 0. The summed E-state index contributed by atoms with van der Waals surface area (Å²) in [7, 11) is 0. The standard InChI is InChI=1S/C17H11ClFNO2/c18-12-3-1-2-11(10-12)15-8-9-16(22-15)17(21)20-14-6-4-13(19)5-7-14/h1-10H,(H,20,21). The lowest BCUT2D eigenvalue weighted by molar-refractivity contribution is 0.0997. The minimum atomic E-state index is -0.403. The number of halogens is 2. The van der Waals surface area contributed by atoms with Gasteiger partial charge in [-0.3, -0.25) is 4.79 Å². The summed E-state index contributed by atoms with van der Waals surface area (Å²) >= 11 is 5.93. The molecule has 0 aliphatic carbocycles. The molecule has 3 nitrogen and oxygen atoms in total. The van der Waals surface area contributed by atoms with E-state index in [0.29, 0.717) is 16.5 Å². The molecule has 0 saturated carbocycles. The second kappa shape index (κ2) is 6.03. The molecule has 2 aromatic carbocycles. The lowest BCUT2D eigenvalue weighted by Crippen LogP contribution is -2.10. The molecule has 0 aliphatic rings. The van der Waals surface area contributed by atoms with Crippen molar-refractivity contribution in [1.82, 2.24) is 0 Å². The van der Waals surface area contributed by atoms with Crippen molar-refractivity contribution in [3.8, 4) is 11.3 Å². The van der Waals surface area contributed by atoms with E-state index >= 15 is 0 Å². The number of carbonyl (C=O) groups excluding carboxylic acids is 1. The Bertz CT molecular complexity index is 812. The normalized spacial score (nSPS) is 10.5. The average Bonchev–Trinajstić information content (AvgIpc) is 3.00. The molecule has 0 spiro atoms. The van der Waals surface area contributed by atoms with Crippen LogP contribution in [0.3, 0.4) is 0 Å². The first-order valence-electron chi connectivity index (χ1n) is 6.54. The van der Waals surface area contributed by atoms with Gasteiger partial charge in [0, 0.05) is 16.3 Å². The quantitative estimate of drug-likeness (QED) is 0.739. The van der Waals surface area contributed by atoms with Gasteiger partial charge in [0.15, 0.2) is 5.76 Å². The van der Waals surface area contributed by atoms with Crippen LogP contribution >= 0.6 is 11.6 Å². The molecule has 1 heterocycles. The Balaban J connectivity index is 1.78. The summed E-state index contributed by atoms with van der Waals surface area (Å²) in [5.74, 6) is -0.0508. The molecule has 22 heavy (non-hydrogen) atoms. The first-order valence-corrected chi connectivity index (χ1v) is 6.92. The van der Waals surface area contributed by atoms with Crippen LogP contribution < -0.4 is 5.32 Å². The number of hydrogen-bond acceptors (Lipinski definition) is 2. The number of carbonyl (C=O) groups is 1. The third-order valence-corrected chi connectivity index (χ3v) is 3.28. The minimum Gasteiger partial charge on any atom is -0.451 e. The zero-order valence-electron chi connectivity index (χ0n) is 11.3. The third-order valence-electron chi connectivity index (χ3n) is 3.04. The number of furan rings is 1. The maximum absolute atomic E-state index is 12.8. The van der Waals surface area contributed by atoms with E-state index in [4.69, 9.17) is 16.0 Å². The molecule has 110 valence electrons. The van der Waals surface area contributed by atoms with Crippen LogP contribution in [0, 0.1) is 5.82 Å². The Kier molecular flexibility index (Phi) is 3.94. The Morgan fingerprint density at radius 1 is 1.05 bits per heavy atom. The van der Waals surface area contributed by atoms with Crippen molar-refractivity contribution in [1.29, 1.82) is 0 Å². The van der Waals surface area contributed by atoms with Crippen molar-refractivity contribution in [3.63, 3.8) is 0 Å². The molecule has 0 fully saturated rings. The van der Waals surface area contributed by atoms with Gasteiger partial charge in [-0.15, -0.1) is 0 Å². The highest BCUT2D eigenvalue weighted by Gasteiger charge is 2.12. The molecule has 1 N–H and O–H groups in total. The van der Waals surface area contributed by atoms with Gasteiger partial charge in [0.2, 0.25) is 0 Å². The topological polar surface area (TPSA) is 42.2 Å². The Hall–Kier alpha value is -2.59. The Morgan fingerprint density at radius 2 is 1.82 bits per heavy atom. The zero-order valence-corrected chi connectivity index (χ0v) is 12.1. The molecule has 0 bridgehead atoms. The van der Waals surface area contributed by atoms with Gasteiger partial charge in [0.25, 0.3) is 5.91 Å². The van der Waals surface area contributed by atoms with Gasteiger partial charge in [-0.2, -0.15) is 0 Å².